The Bertz CT molecular complexity index is 1440. The normalized spacial score (nSPS) is 16.7. The van der Waals surface area contributed by atoms with Gasteiger partial charge in [-0.3, -0.25) is 9.59 Å². The Morgan fingerprint density at radius 3 is 2.36 bits per heavy atom. The highest BCUT2D eigenvalue weighted by atomic mass is 19.1. The summed E-state index contributed by atoms with van der Waals surface area (Å²) in [5.74, 6) is -0.136. The van der Waals surface area contributed by atoms with Crippen LogP contribution in [0.4, 0.5) is 14.5 Å². The number of nitrogens with zero attached hydrogens (tertiary/aromatic N) is 4. The number of likely N-dealkylation sites (tertiary alicyclic amines) is 1. The Kier molecular flexibility index (Phi) is 7.62. The van der Waals surface area contributed by atoms with Gasteiger partial charge in [0.05, 0.1) is 6.20 Å². The average Bonchev–Trinajstić information content (AvgIpc) is 3.58. The van der Waals surface area contributed by atoms with Gasteiger partial charge < -0.3 is 15.0 Å². The quantitative estimate of drug-likeness (QED) is 0.354. The summed E-state index contributed by atoms with van der Waals surface area (Å²) in [6.07, 6.45) is 4.18. The lowest BCUT2D eigenvalue weighted by molar-refractivity contribution is -0.137. The molecule has 0 bridgehead atoms. The van der Waals surface area contributed by atoms with Crippen molar-refractivity contribution in [2.45, 2.75) is 32.4 Å². The van der Waals surface area contributed by atoms with E-state index in [9.17, 15) is 18.4 Å². The van der Waals surface area contributed by atoms with Gasteiger partial charge >= 0.3 is 0 Å². The van der Waals surface area contributed by atoms with Crippen LogP contribution in [0, 0.1) is 24.5 Å². The summed E-state index contributed by atoms with van der Waals surface area (Å²) in [6.45, 7) is 2.23. The van der Waals surface area contributed by atoms with E-state index in [2.05, 4.69) is 15.6 Å². The molecular weight excluding hydrogens is 504 g/mol. The first-order valence-corrected chi connectivity index (χ1v) is 12.6. The van der Waals surface area contributed by atoms with Crippen LogP contribution in [0.1, 0.15) is 17.5 Å². The number of nitrogens with one attached hydrogen (secondary N) is 1. The third-order valence-corrected chi connectivity index (χ3v) is 6.76. The Hall–Kier alpha value is -4.60. The van der Waals surface area contributed by atoms with Crippen molar-refractivity contribution in [3.8, 4) is 11.5 Å². The second kappa shape index (κ2) is 11.4. The van der Waals surface area contributed by atoms with Gasteiger partial charge in [-0.2, -0.15) is 0 Å². The van der Waals surface area contributed by atoms with Crippen molar-refractivity contribution in [2.75, 3.05) is 11.9 Å². The molecule has 5 rings (SSSR count). The van der Waals surface area contributed by atoms with Crippen LogP contribution >= 0.6 is 0 Å². The third-order valence-electron chi connectivity index (χ3n) is 6.76. The molecule has 1 N–H and O–H groups in total. The molecule has 39 heavy (non-hydrogen) atoms. The van der Waals surface area contributed by atoms with Crippen molar-refractivity contribution in [1.82, 2.24) is 19.9 Å². The molecule has 1 saturated heterocycles. The van der Waals surface area contributed by atoms with Crippen molar-refractivity contribution in [2.24, 2.45) is 5.92 Å². The summed E-state index contributed by atoms with van der Waals surface area (Å²) in [7, 11) is 0. The average molecular weight is 532 g/mol. The molecule has 8 nitrogen and oxygen atoms in total. The summed E-state index contributed by atoms with van der Waals surface area (Å²) in [6, 6.07) is 16.5. The van der Waals surface area contributed by atoms with Crippen molar-refractivity contribution in [3.63, 3.8) is 0 Å². The first-order valence-electron chi connectivity index (χ1n) is 12.6. The molecule has 10 heteroatoms. The van der Waals surface area contributed by atoms with Gasteiger partial charge in [-0.25, -0.2) is 13.5 Å². The maximum absolute atomic E-state index is 13.6. The molecule has 200 valence electrons. The summed E-state index contributed by atoms with van der Waals surface area (Å²) >= 11 is 0. The molecule has 2 atom stereocenters. The summed E-state index contributed by atoms with van der Waals surface area (Å²) in [5, 5.41) is 10.5. The smallest absolute Gasteiger partial charge is 0.247 e. The van der Waals surface area contributed by atoms with Crippen molar-refractivity contribution in [1.29, 1.82) is 0 Å². The molecule has 1 fully saturated rings. The number of aryl methyl sites for hydroxylation is 1. The first kappa shape index (κ1) is 26.0. The van der Waals surface area contributed by atoms with E-state index >= 15 is 0 Å². The zero-order valence-electron chi connectivity index (χ0n) is 21.3. The van der Waals surface area contributed by atoms with Gasteiger partial charge in [0.25, 0.3) is 0 Å². The molecule has 0 radical (unpaired) electrons. The molecule has 0 saturated carbocycles. The molecule has 0 spiro atoms. The molecule has 0 aliphatic carbocycles. The fourth-order valence-corrected chi connectivity index (χ4v) is 4.81. The zero-order chi connectivity index (χ0) is 27.4. The third kappa shape index (κ3) is 6.46. The van der Waals surface area contributed by atoms with E-state index < -0.39 is 6.04 Å². The van der Waals surface area contributed by atoms with E-state index in [4.69, 9.17) is 4.74 Å². The minimum absolute atomic E-state index is 0.0242. The minimum Gasteiger partial charge on any atom is -0.457 e. The maximum atomic E-state index is 13.6. The summed E-state index contributed by atoms with van der Waals surface area (Å²) < 4.78 is 33.9. The van der Waals surface area contributed by atoms with Crippen LogP contribution in [-0.4, -0.2) is 44.3 Å². The molecule has 1 aliphatic rings. The van der Waals surface area contributed by atoms with Gasteiger partial charge in [0.15, 0.2) is 0 Å². The van der Waals surface area contributed by atoms with Gasteiger partial charge in [0.1, 0.15) is 35.7 Å². The second-order valence-electron chi connectivity index (χ2n) is 9.61. The fraction of sp³-hybridized carbons (Fsp3) is 0.241. The van der Waals surface area contributed by atoms with Crippen molar-refractivity contribution in [3.05, 3.63) is 102 Å². The topological polar surface area (TPSA) is 89.4 Å². The van der Waals surface area contributed by atoms with Crippen molar-refractivity contribution >= 4 is 17.5 Å². The Morgan fingerprint density at radius 2 is 1.69 bits per heavy atom. The molecule has 2 unspecified atom stereocenters. The van der Waals surface area contributed by atoms with Crippen LogP contribution in [0.2, 0.25) is 0 Å². The van der Waals surface area contributed by atoms with Crippen LogP contribution in [0.5, 0.6) is 11.5 Å². The molecule has 1 aliphatic heterocycles. The number of ether oxygens (including phenoxy) is 1. The Balaban J connectivity index is 1.28. The van der Waals surface area contributed by atoms with Gasteiger partial charge in [0.2, 0.25) is 11.8 Å². The molecule has 2 amide bonds. The van der Waals surface area contributed by atoms with Crippen LogP contribution in [0.25, 0.3) is 0 Å². The summed E-state index contributed by atoms with van der Waals surface area (Å²) in [5.41, 5.74) is 2.38. The van der Waals surface area contributed by atoms with E-state index in [-0.39, 0.29) is 35.9 Å². The number of benzene rings is 3. The van der Waals surface area contributed by atoms with Crippen LogP contribution < -0.4 is 10.1 Å². The lowest BCUT2D eigenvalue weighted by Gasteiger charge is -2.24. The van der Waals surface area contributed by atoms with Crippen LogP contribution in [-0.2, 0) is 22.6 Å². The molecule has 3 aromatic carbocycles. The van der Waals surface area contributed by atoms with E-state index in [1.807, 2.05) is 6.92 Å². The molecular formula is C29H27F2N5O3. The molecule has 4 aromatic rings. The van der Waals surface area contributed by atoms with Gasteiger partial charge in [-0.1, -0.05) is 11.3 Å². The first-order chi connectivity index (χ1) is 18.8. The highest BCUT2D eigenvalue weighted by molar-refractivity contribution is 5.97. The van der Waals surface area contributed by atoms with Crippen LogP contribution in [0.3, 0.4) is 0 Å². The largest absolute Gasteiger partial charge is 0.457 e. The predicted molar refractivity (Wildman–Crippen MR) is 140 cm³/mol. The number of amides is 2. The highest BCUT2D eigenvalue weighted by Crippen LogP contribution is 2.30. The van der Waals surface area contributed by atoms with Gasteiger partial charge in [-0.15, -0.1) is 5.10 Å². The lowest BCUT2D eigenvalue weighted by atomic mass is 9.94. The van der Waals surface area contributed by atoms with E-state index in [0.29, 0.717) is 36.6 Å². The zero-order valence-corrected chi connectivity index (χ0v) is 21.3. The lowest BCUT2D eigenvalue weighted by Crippen LogP contribution is -2.44. The van der Waals surface area contributed by atoms with Crippen LogP contribution in [0.15, 0.2) is 79.1 Å². The molecule has 1 aromatic heterocycles. The van der Waals surface area contributed by atoms with Gasteiger partial charge in [-0.05, 0) is 97.5 Å². The monoisotopic (exact) mass is 531 g/mol. The SMILES string of the molecule is Cc1cc(F)ccc1CC1CC(C(=O)Nc2ccc(Oc3ccc(F)cc3)cc2)N(C(=O)Cn2ccnn2)C1. The highest BCUT2D eigenvalue weighted by Gasteiger charge is 2.39. The summed E-state index contributed by atoms with van der Waals surface area (Å²) in [4.78, 5) is 28.2. The minimum atomic E-state index is -0.679. The number of hydrogen-bond acceptors (Lipinski definition) is 5. The Labute approximate surface area is 224 Å². The number of halogens is 2. The number of carbonyl (C=O) groups is 2. The number of anilines is 1. The number of aromatic nitrogens is 3. The Morgan fingerprint density at radius 1 is 1.00 bits per heavy atom. The van der Waals surface area contributed by atoms with E-state index in [0.717, 1.165) is 11.1 Å². The standard InChI is InChI=1S/C29H27F2N5O3/c1-19-14-23(31)3-2-21(19)15-20-16-27(36(17-20)28(37)18-35-13-12-32-34-35)29(38)33-24-6-10-26(11-7-24)39-25-8-4-22(30)5-9-25/h2-14,20,27H,15-18H2,1H3,(H,33,38). The van der Waals surface area contributed by atoms with Crippen molar-refractivity contribution < 1.29 is 23.1 Å². The maximum Gasteiger partial charge on any atom is 0.247 e. The fourth-order valence-electron chi connectivity index (χ4n) is 4.81. The van der Waals surface area contributed by atoms with Gasteiger partial charge in [0, 0.05) is 18.4 Å². The second-order valence-corrected chi connectivity index (χ2v) is 9.61. The van der Waals surface area contributed by atoms with E-state index in [1.165, 1.54) is 47.3 Å². The number of rotatable bonds is 8. The molecule has 2 heterocycles. The number of hydrogen-bond donors (Lipinski definition) is 1. The predicted octanol–water partition coefficient (Wildman–Crippen LogP) is 4.76. The van der Waals surface area contributed by atoms with E-state index in [1.54, 1.807) is 41.4 Å². The number of carbonyl (C=O) groups excluding carboxylic acids is 2.